The smallest absolute Gasteiger partial charge is 0.220 e. The number of rotatable bonds is 7. The third-order valence-corrected chi connectivity index (χ3v) is 3.92. The van der Waals surface area contributed by atoms with Crippen LogP contribution in [0.5, 0.6) is 0 Å². The van der Waals surface area contributed by atoms with E-state index in [2.05, 4.69) is 15.0 Å². The van der Waals surface area contributed by atoms with Gasteiger partial charge >= 0.3 is 0 Å². The summed E-state index contributed by atoms with van der Waals surface area (Å²) in [4.78, 5) is 23.0. The van der Waals surface area contributed by atoms with E-state index in [9.17, 15) is 9.59 Å². The van der Waals surface area contributed by atoms with Crippen LogP contribution in [0, 0.1) is 6.92 Å². The molecule has 0 saturated heterocycles. The molecule has 1 aliphatic rings. The van der Waals surface area contributed by atoms with Crippen molar-refractivity contribution in [3.8, 4) is 0 Å². The van der Waals surface area contributed by atoms with Crippen LogP contribution in [0.25, 0.3) is 0 Å². The first-order chi connectivity index (χ1) is 9.08. The van der Waals surface area contributed by atoms with Gasteiger partial charge in [0.15, 0.2) is 5.78 Å². The molecule has 104 valence electrons. The number of ketones is 1. The van der Waals surface area contributed by atoms with Gasteiger partial charge in [0, 0.05) is 19.0 Å². The average molecular weight is 281 g/mol. The summed E-state index contributed by atoms with van der Waals surface area (Å²) in [5.41, 5.74) is 1.44. The van der Waals surface area contributed by atoms with E-state index < -0.39 is 0 Å². The number of amides is 1. The summed E-state index contributed by atoms with van der Waals surface area (Å²) in [6.45, 7) is 4.06. The van der Waals surface area contributed by atoms with E-state index in [-0.39, 0.29) is 11.7 Å². The van der Waals surface area contributed by atoms with Crippen molar-refractivity contribution in [1.82, 2.24) is 9.69 Å². The summed E-state index contributed by atoms with van der Waals surface area (Å²) in [7, 11) is 0. The van der Waals surface area contributed by atoms with Gasteiger partial charge < -0.3 is 10.6 Å². The lowest BCUT2D eigenvalue weighted by atomic mass is 10.2. The van der Waals surface area contributed by atoms with Gasteiger partial charge in [-0.05, 0) is 44.6 Å². The Balaban J connectivity index is 1.73. The second-order valence-electron chi connectivity index (χ2n) is 4.90. The van der Waals surface area contributed by atoms with E-state index >= 15 is 0 Å². The Morgan fingerprint density at radius 1 is 1.42 bits per heavy atom. The zero-order valence-corrected chi connectivity index (χ0v) is 12.1. The number of hydrogen-bond acceptors (Lipinski definition) is 5. The Kier molecular flexibility index (Phi) is 4.52. The second kappa shape index (κ2) is 6.14. The van der Waals surface area contributed by atoms with Gasteiger partial charge in [0.05, 0.1) is 11.3 Å². The maximum Gasteiger partial charge on any atom is 0.220 e. The molecule has 1 heterocycles. The molecule has 1 aromatic rings. The highest BCUT2D eigenvalue weighted by Crippen LogP contribution is 2.24. The zero-order chi connectivity index (χ0) is 13.8. The van der Waals surface area contributed by atoms with Gasteiger partial charge in [-0.15, -0.1) is 0 Å². The van der Waals surface area contributed by atoms with Crippen LogP contribution in [0.15, 0.2) is 0 Å². The first kappa shape index (κ1) is 14.0. The molecule has 0 spiro atoms. The van der Waals surface area contributed by atoms with Crippen LogP contribution in [-0.4, -0.2) is 28.7 Å². The maximum absolute atomic E-state index is 11.5. The lowest BCUT2D eigenvalue weighted by Crippen LogP contribution is -2.25. The number of carbonyl (C=O) groups excluding carboxylic acids is 2. The van der Waals surface area contributed by atoms with Gasteiger partial charge in [0.1, 0.15) is 5.00 Å². The molecule has 2 N–H and O–H groups in total. The van der Waals surface area contributed by atoms with Crippen molar-refractivity contribution in [2.24, 2.45) is 0 Å². The van der Waals surface area contributed by atoms with Gasteiger partial charge in [0.2, 0.25) is 5.91 Å². The van der Waals surface area contributed by atoms with Crippen molar-refractivity contribution in [2.45, 2.75) is 45.6 Å². The molecule has 6 heteroatoms. The number of nitrogens with one attached hydrogen (secondary N) is 2. The largest absolute Gasteiger partial charge is 0.375 e. The highest BCUT2D eigenvalue weighted by Gasteiger charge is 2.22. The Hall–Kier alpha value is -1.43. The van der Waals surface area contributed by atoms with Crippen LogP contribution in [0.2, 0.25) is 0 Å². The highest BCUT2D eigenvalue weighted by molar-refractivity contribution is 7.10. The van der Waals surface area contributed by atoms with Gasteiger partial charge in [0.25, 0.3) is 0 Å². The normalized spacial score (nSPS) is 14.2. The van der Waals surface area contributed by atoms with E-state index in [1.807, 2.05) is 6.92 Å². The summed E-state index contributed by atoms with van der Waals surface area (Å²) < 4.78 is 4.18. The zero-order valence-electron chi connectivity index (χ0n) is 11.3. The fourth-order valence-electron chi connectivity index (χ4n) is 1.88. The van der Waals surface area contributed by atoms with Crippen LogP contribution in [0.1, 0.15) is 48.7 Å². The fourth-order valence-corrected chi connectivity index (χ4v) is 2.75. The van der Waals surface area contributed by atoms with Gasteiger partial charge in [-0.25, -0.2) is 0 Å². The Morgan fingerprint density at radius 3 is 2.79 bits per heavy atom. The molecule has 0 atom stereocenters. The molecule has 0 unspecified atom stereocenters. The third kappa shape index (κ3) is 4.02. The summed E-state index contributed by atoms with van der Waals surface area (Å²) in [5, 5.41) is 6.96. The van der Waals surface area contributed by atoms with E-state index in [1.54, 1.807) is 6.92 Å². The lowest BCUT2D eigenvalue weighted by Gasteiger charge is -2.06. The van der Waals surface area contributed by atoms with Gasteiger partial charge in [-0.2, -0.15) is 4.37 Å². The molecule has 0 aromatic carbocycles. The van der Waals surface area contributed by atoms with Crippen LogP contribution < -0.4 is 10.6 Å². The van der Waals surface area contributed by atoms with E-state index in [1.165, 1.54) is 11.5 Å². The van der Waals surface area contributed by atoms with Crippen molar-refractivity contribution < 1.29 is 9.59 Å². The van der Waals surface area contributed by atoms with Gasteiger partial charge in [-0.1, -0.05) is 0 Å². The first-order valence-electron chi connectivity index (χ1n) is 6.58. The molecule has 1 fully saturated rings. The predicted molar refractivity (Wildman–Crippen MR) is 75.7 cm³/mol. The Labute approximate surface area is 116 Å². The number of nitrogens with zero attached hydrogens (tertiary/aromatic N) is 1. The molecule has 5 nitrogen and oxygen atoms in total. The molecule has 1 aliphatic carbocycles. The third-order valence-electron chi connectivity index (χ3n) is 3.02. The van der Waals surface area contributed by atoms with Crippen molar-refractivity contribution in [2.75, 3.05) is 11.9 Å². The molecule has 2 rings (SSSR count). The summed E-state index contributed by atoms with van der Waals surface area (Å²) in [6.07, 6.45) is 3.52. The topological polar surface area (TPSA) is 71.1 Å². The summed E-state index contributed by atoms with van der Waals surface area (Å²) in [6, 6.07) is 0.425. The van der Waals surface area contributed by atoms with E-state index in [0.717, 1.165) is 30.0 Å². The summed E-state index contributed by atoms with van der Waals surface area (Å²) >= 11 is 1.30. The molecule has 0 bridgehead atoms. The van der Waals surface area contributed by atoms with Crippen molar-refractivity contribution in [1.29, 1.82) is 0 Å². The Morgan fingerprint density at radius 2 is 2.16 bits per heavy atom. The molecule has 19 heavy (non-hydrogen) atoms. The molecular formula is C13H19N3O2S. The van der Waals surface area contributed by atoms with Crippen LogP contribution >= 0.6 is 11.5 Å². The number of hydrogen-bond donors (Lipinski definition) is 2. The molecule has 1 amide bonds. The van der Waals surface area contributed by atoms with E-state index in [4.69, 9.17) is 0 Å². The number of aryl methyl sites for hydroxylation is 1. The molecule has 1 aromatic heterocycles. The number of Topliss-reactive ketones (excluding diaryl/α,β-unsaturated/α-hetero) is 1. The minimum Gasteiger partial charge on any atom is -0.375 e. The average Bonchev–Trinajstić information content (AvgIpc) is 3.06. The fraction of sp³-hybridized carbons (Fsp3) is 0.615. The van der Waals surface area contributed by atoms with Crippen LogP contribution in [0.3, 0.4) is 0 Å². The second-order valence-corrected chi connectivity index (χ2v) is 5.67. The summed E-state index contributed by atoms with van der Waals surface area (Å²) in [5.74, 6) is 0.150. The molecular weight excluding hydrogens is 262 g/mol. The minimum absolute atomic E-state index is 0.0280. The number of aromatic nitrogens is 1. The quantitative estimate of drug-likeness (QED) is 0.593. The van der Waals surface area contributed by atoms with E-state index in [0.29, 0.717) is 24.6 Å². The predicted octanol–water partition coefficient (Wildman–Crippen LogP) is 2.12. The number of anilines is 1. The maximum atomic E-state index is 11.5. The van der Waals surface area contributed by atoms with Gasteiger partial charge in [-0.3, -0.25) is 9.59 Å². The highest BCUT2D eigenvalue weighted by atomic mass is 32.1. The van der Waals surface area contributed by atoms with Crippen LogP contribution in [0.4, 0.5) is 5.00 Å². The number of carbonyl (C=O) groups is 2. The van der Waals surface area contributed by atoms with Crippen LogP contribution in [-0.2, 0) is 4.79 Å². The van der Waals surface area contributed by atoms with Crippen molar-refractivity contribution in [3.63, 3.8) is 0 Å². The lowest BCUT2D eigenvalue weighted by molar-refractivity contribution is -0.121. The standard InChI is InChI=1S/C13H19N3O2S/c1-8-12(9(2)17)13(19-16-8)14-7-3-4-11(18)15-10-5-6-10/h10,14H,3-7H2,1-2H3,(H,15,18). The van der Waals surface area contributed by atoms with Crippen molar-refractivity contribution >= 4 is 28.2 Å². The molecule has 0 radical (unpaired) electrons. The first-order valence-corrected chi connectivity index (χ1v) is 7.35. The molecule has 1 saturated carbocycles. The minimum atomic E-state index is 0.0280. The Bertz CT molecular complexity index is 480. The molecule has 0 aliphatic heterocycles. The van der Waals surface area contributed by atoms with Crippen molar-refractivity contribution in [3.05, 3.63) is 11.3 Å². The monoisotopic (exact) mass is 281 g/mol. The SMILES string of the molecule is CC(=O)c1c(C)nsc1NCCCC(=O)NC1CC1.